The predicted molar refractivity (Wildman–Crippen MR) is 70.8 cm³/mol. The lowest BCUT2D eigenvalue weighted by molar-refractivity contribution is -0.147. The second-order valence-corrected chi connectivity index (χ2v) is 6.62. The predicted octanol–water partition coefficient (Wildman–Crippen LogP) is 0.783. The van der Waals surface area contributed by atoms with Crippen molar-refractivity contribution in [3.8, 4) is 0 Å². The van der Waals surface area contributed by atoms with Crippen LogP contribution in [-0.2, 0) is 14.3 Å². The van der Waals surface area contributed by atoms with E-state index in [9.17, 15) is 15.0 Å². The highest BCUT2D eigenvalue weighted by Gasteiger charge is 2.61. The van der Waals surface area contributed by atoms with E-state index in [1.165, 1.54) is 0 Å². The molecule has 2 saturated heterocycles. The van der Waals surface area contributed by atoms with Crippen LogP contribution in [0.1, 0.15) is 33.1 Å². The Morgan fingerprint density at radius 3 is 2.75 bits per heavy atom. The van der Waals surface area contributed by atoms with Gasteiger partial charge < -0.3 is 19.7 Å². The molecule has 7 atom stereocenters. The molecule has 0 bridgehead atoms. The van der Waals surface area contributed by atoms with Crippen molar-refractivity contribution < 1.29 is 24.5 Å². The van der Waals surface area contributed by atoms with E-state index in [0.29, 0.717) is 0 Å². The van der Waals surface area contributed by atoms with Gasteiger partial charge in [0.2, 0.25) is 0 Å². The molecule has 1 aliphatic carbocycles. The normalized spacial score (nSPS) is 52.0. The van der Waals surface area contributed by atoms with Crippen molar-refractivity contribution in [1.82, 2.24) is 0 Å². The first-order valence-corrected chi connectivity index (χ1v) is 7.29. The van der Waals surface area contributed by atoms with Crippen LogP contribution in [-0.4, -0.2) is 46.2 Å². The fourth-order valence-corrected chi connectivity index (χ4v) is 3.64. The van der Waals surface area contributed by atoms with E-state index in [-0.39, 0.29) is 23.2 Å². The van der Waals surface area contributed by atoms with E-state index in [0.717, 1.165) is 19.3 Å². The van der Waals surface area contributed by atoms with E-state index >= 15 is 0 Å². The Bertz CT molecular complexity index is 448. The fourth-order valence-electron chi connectivity index (χ4n) is 3.64. The number of ether oxygens (including phenoxy) is 2. The van der Waals surface area contributed by atoms with E-state index in [1.807, 2.05) is 13.8 Å². The standard InChI is InChI=1S/C15H22O5/c1-7-5-4-6-15(3)13(20-15)11(17)9-8(2)14(18)19-12(9)10(7)16/h7,9-13,16-17H,2,4-6H2,1,3H3/t7-,9-,10+,11-,12+,13-,15+/m1/s1. The lowest BCUT2D eigenvalue weighted by Crippen LogP contribution is -2.44. The first kappa shape index (κ1) is 14.0. The lowest BCUT2D eigenvalue weighted by Gasteiger charge is -2.31. The zero-order valence-electron chi connectivity index (χ0n) is 11.9. The maximum absolute atomic E-state index is 11.7. The van der Waals surface area contributed by atoms with Crippen LogP contribution in [0.15, 0.2) is 12.2 Å². The van der Waals surface area contributed by atoms with Crippen LogP contribution < -0.4 is 0 Å². The summed E-state index contributed by atoms with van der Waals surface area (Å²) >= 11 is 0. The Kier molecular flexibility index (Phi) is 3.19. The third-order valence-electron chi connectivity index (χ3n) is 5.13. The van der Waals surface area contributed by atoms with Crippen molar-refractivity contribution in [2.75, 3.05) is 0 Å². The maximum Gasteiger partial charge on any atom is 0.334 e. The zero-order chi connectivity index (χ0) is 14.7. The highest BCUT2D eigenvalue weighted by atomic mass is 16.6. The van der Waals surface area contributed by atoms with Gasteiger partial charge in [-0.3, -0.25) is 0 Å². The topological polar surface area (TPSA) is 79.3 Å². The first-order chi connectivity index (χ1) is 9.35. The van der Waals surface area contributed by atoms with Gasteiger partial charge >= 0.3 is 5.97 Å². The Morgan fingerprint density at radius 1 is 1.35 bits per heavy atom. The van der Waals surface area contributed by atoms with Crippen molar-refractivity contribution in [2.45, 2.75) is 63.1 Å². The first-order valence-electron chi connectivity index (χ1n) is 7.29. The summed E-state index contributed by atoms with van der Waals surface area (Å²) < 4.78 is 10.9. The molecule has 5 heteroatoms. The highest BCUT2D eigenvalue weighted by Crippen LogP contribution is 2.48. The van der Waals surface area contributed by atoms with Gasteiger partial charge in [0, 0.05) is 5.57 Å². The van der Waals surface area contributed by atoms with E-state index < -0.39 is 30.2 Å². The molecule has 2 aliphatic heterocycles. The van der Waals surface area contributed by atoms with Crippen LogP contribution in [0.25, 0.3) is 0 Å². The van der Waals surface area contributed by atoms with Gasteiger partial charge in [-0.2, -0.15) is 0 Å². The number of hydrogen-bond acceptors (Lipinski definition) is 5. The summed E-state index contributed by atoms with van der Waals surface area (Å²) in [4.78, 5) is 11.7. The van der Waals surface area contributed by atoms with E-state index in [4.69, 9.17) is 9.47 Å². The molecule has 0 aromatic heterocycles. The van der Waals surface area contributed by atoms with Crippen LogP contribution >= 0.6 is 0 Å². The molecule has 3 fully saturated rings. The van der Waals surface area contributed by atoms with Crippen LogP contribution in [0.5, 0.6) is 0 Å². The van der Waals surface area contributed by atoms with Crippen molar-refractivity contribution in [3.05, 3.63) is 12.2 Å². The Balaban J connectivity index is 1.92. The Morgan fingerprint density at radius 2 is 2.05 bits per heavy atom. The molecule has 0 spiro atoms. The molecule has 2 heterocycles. The largest absolute Gasteiger partial charge is 0.455 e. The number of aliphatic hydroxyl groups excluding tert-OH is 2. The number of hydrogen-bond donors (Lipinski definition) is 2. The van der Waals surface area contributed by atoms with Crippen LogP contribution in [0.2, 0.25) is 0 Å². The van der Waals surface area contributed by atoms with Crippen molar-refractivity contribution >= 4 is 5.97 Å². The SMILES string of the molecule is C=C1C(=O)O[C@@H]2[C@@H](O)[C@H](C)CCC[C@]3(C)O[C@@H]3[C@H](O)[C@@H]12. The third kappa shape index (κ3) is 2.00. The number of aliphatic hydroxyl groups is 2. The molecular weight excluding hydrogens is 260 g/mol. The van der Waals surface area contributed by atoms with E-state index in [2.05, 4.69) is 6.58 Å². The van der Waals surface area contributed by atoms with Gasteiger partial charge in [0.25, 0.3) is 0 Å². The summed E-state index contributed by atoms with van der Waals surface area (Å²) in [5.41, 5.74) is -0.0788. The molecule has 2 N–H and O–H groups in total. The van der Waals surface area contributed by atoms with Gasteiger partial charge in [0.05, 0.1) is 23.7 Å². The monoisotopic (exact) mass is 282 g/mol. The average molecular weight is 282 g/mol. The van der Waals surface area contributed by atoms with E-state index in [1.54, 1.807) is 0 Å². The molecule has 112 valence electrons. The smallest absolute Gasteiger partial charge is 0.334 e. The third-order valence-corrected chi connectivity index (χ3v) is 5.13. The molecule has 3 aliphatic rings. The van der Waals surface area contributed by atoms with Gasteiger partial charge in [-0.25, -0.2) is 4.79 Å². The molecular formula is C15H22O5. The number of rotatable bonds is 0. The van der Waals surface area contributed by atoms with Crippen LogP contribution in [0, 0.1) is 11.8 Å². The molecule has 5 nitrogen and oxygen atoms in total. The molecule has 0 radical (unpaired) electrons. The molecule has 0 aromatic carbocycles. The minimum absolute atomic E-state index is 0.00676. The maximum atomic E-state index is 11.7. The summed E-state index contributed by atoms with van der Waals surface area (Å²) in [6.45, 7) is 7.66. The summed E-state index contributed by atoms with van der Waals surface area (Å²) in [6, 6.07) is 0. The summed E-state index contributed by atoms with van der Waals surface area (Å²) in [6.07, 6.45) is -0.0385. The second kappa shape index (κ2) is 4.55. The summed E-state index contributed by atoms with van der Waals surface area (Å²) in [5.74, 6) is -1.09. The van der Waals surface area contributed by atoms with Gasteiger partial charge in [0.15, 0.2) is 0 Å². The molecule has 0 unspecified atom stereocenters. The molecule has 0 amide bonds. The Labute approximate surface area is 118 Å². The number of carbonyl (C=O) groups excluding carboxylic acids is 1. The molecule has 20 heavy (non-hydrogen) atoms. The van der Waals surface area contributed by atoms with Gasteiger partial charge in [-0.05, 0) is 25.7 Å². The minimum Gasteiger partial charge on any atom is -0.455 e. The Hall–Kier alpha value is -0.910. The zero-order valence-corrected chi connectivity index (χ0v) is 11.9. The second-order valence-electron chi connectivity index (χ2n) is 6.62. The molecule has 1 saturated carbocycles. The van der Waals surface area contributed by atoms with Gasteiger partial charge in [-0.1, -0.05) is 19.9 Å². The summed E-state index contributed by atoms with van der Waals surface area (Å²) in [7, 11) is 0. The van der Waals surface area contributed by atoms with Crippen LogP contribution in [0.4, 0.5) is 0 Å². The lowest BCUT2D eigenvalue weighted by atomic mass is 9.78. The van der Waals surface area contributed by atoms with Gasteiger partial charge in [0.1, 0.15) is 12.2 Å². The molecule has 3 rings (SSSR count). The molecule has 0 aromatic rings. The van der Waals surface area contributed by atoms with Crippen molar-refractivity contribution in [3.63, 3.8) is 0 Å². The number of epoxide rings is 1. The minimum atomic E-state index is -0.858. The number of esters is 1. The van der Waals surface area contributed by atoms with Crippen molar-refractivity contribution in [1.29, 1.82) is 0 Å². The quantitative estimate of drug-likeness (QED) is 0.390. The highest BCUT2D eigenvalue weighted by molar-refractivity contribution is 5.91. The van der Waals surface area contributed by atoms with Crippen molar-refractivity contribution in [2.24, 2.45) is 11.8 Å². The number of fused-ring (bicyclic) bond motifs is 2. The fraction of sp³-hybridized carbons (Fsp3) is 0.800. The summed E-state index contributed by atoms with van der Waals surface area (Å²) in [5, 5.41) is 21.0. The van der Waals surface area contributed by atoms with Crippen LogP contribution in [0.3, 0.4) is 0 Å². The average Bonchev–Trinajstić information content (AvgIpc) is 2.98. The number of carbonyl (C=O) groups is 1. The van der Waals surface area contributed by atoms with Gasteiger partial charge in [-0.15, -0.1) is 0 Å².